The molecule has 1 saturated heterocycles. The van der Waals surface area contributed by atoms with E-state index < -0.39 is 9.84 Å². The smallest absolute Gasteiger partial charge is 0.260 e. The number of sulfone groups is 1. The Hall–Kier alpha value is -1.56. The minimum Gasteiger partial charge on any atom is -0.484 e. The summed E-state index contributed by atoms with van der Waals surface area (Å²) in [6, 6.07) is 6.69. The Balaban J connectivity index is 1.63. The van der Waals surface area contributed by atoms with Crippen molar-refractivity contribution in [3.8, 4) is 5.75 Å². The van der Waals surface area contributed by atoms with Gasteiger partial charge in [0.15, 0.2) is 16.4 Å². The average Bonchev–Trinajstić information content (AvgIpc) is 2.58. The first-order chi connectivity index (χ1) is 11.4. The molecule has 24 heavy (non-hydrogen) atoms. The Morgan fingerprint density at radius 2 is 1.96 bits per heavy atom. The topological polar surface area (TPSA) is 63.7 Å². The van der Waals surface area contributed by atoms with Crippen molar-refractivity contribution in [2.75, 3.05) is 19.4 Å². The number of piperidine rings is 1. The minimum absolute atomic E-state index is 0.0105. The fourth-order valence-electron chi connectivity index (χ4n) is 3.96. The quantitative estimate of drug-likeness (QED) is 0.836. The number of carbonyl (C=O) groups is 1. The molecule has 2 fully saturated rings. The number of benzene rings is 1. The van der Waals surface area contributed by atoms with Gasteiger partial charge in [-0.3, -0.25) is 4.79 Å². The molecule has 1 aliphatic heterocycles. The highest BCUT2D eigenvalue weighted by Crippen LogP contribution is 2.35. The number of fused-ring (bicyclic) bond motifs is 1. The molecule has 5 nitrogen and oxygen atoms in total. The second-order valence-corrected chi connectivity index (χ2v) is 8.89. The van der Waals surface area contributed by atoms with Gasteiger partial charge < -0.3 is 9.64 Å². The highest BCUT2D eigenvalue weighted by Gasteiger charge is 2.35. The van der Waals surface area contributed by atoms with Gasteiger partial charge in [-0.2, -0.15) is 0 Å². The SMILES string of the molecule is CS(=O)(=O)c1cccc(OCC(=O)N2CCCC3CCCCC32)c1. The van der Waals surface area contributed by atoms with Gasteiger partial charge in [-0.25, -0.2) is 8.42 Å². The second kappa shape index (κ2) is 7.13. The number of rotatable bonds is 4. The molecule has 1 aromatic rings. The molecular weight excluding hydrogens is 326 g/mol. The molecule has 2 unspecified atom stereocenters. The van der Waals surface area contributed by atoms with Crippen molar-refractivity contribution in [1.82, 2.24) is 4.90 Å². The largest absolute Gasteiger partial charge is 0.484 e. The zero-order chi connectivity index (χ0) is 17.2. The molecule has 1 aromatic carbocycles. The third kappa shape index (κ3) is 3.91. The van der Waals surface area contributed by atoms with Gasteiger partial charge in [0.2, 0.25) is 0 Å². The summed E-state index contributed by atoms with van der Waals surface area (Å²) in [5, 5.41) is 0. The molecule has 0 bridgehead atoms. The number of amides is 1. The van der Waals surface area contributed by atoms with E-state index in [1.807, 2.05) is 4.90 Å². The maximum Gasteiger partial charge on any atom is 0.260 e. The van der Waals surface area contributed by atoms with E-state index >= 15 is 0 Å². The molecule has 3 rings (SSSR count). The molecule has 1 saturated carbocycles. The highest BCUT2D eigenvalue weighted by atomic mass is 32.2. The molecular formula is C18H25NO4S. The zero-order valence-corrected chi connectivity index (χ0v) is 14.9. The van der Waals surface area contributed by atoms with Gasteiger partial charge in [0.25, 0.3) is 5.91 Å². The van der Waals surface area contributed by atoms with Crippen molar-refractivity contribution in [3.63, 3.8) is 0 Å². The van der Waals surface area contributed by atoms with Crippen LogP contribution in [0.5, 0.6) is 5.75 Å². The third-order valence-corrected chi connectivity index (χ3v) is 6.27. The molecule has 0 radical (unpaired) electrons. The summed E-state index contributed by atoms with van der Waals surface area (Å²) in [5.41, 5.74) is 0. The van der Waals surface area contributed by atoms with Gasteiger partial charge in [-0.1, -0.05) is 18.9 Å². The molecule has 1 aliphatic carbocycles. The number of carbonyl (C=O) groups excluding carboxylic acids is 1. The lowest BCUT2D eigenvalue weighted by atomic mass is 9.78. The van der Waals surface area contributed by atoms with Crippen molar-refractivity contribution in [2.24, 2.45) is 5.92 Å². The lowest BCUT2D eigenvalue weighted by Gasteiger charge is -2.44. The van der Waals surface area contributed by atoms with Gasteiger partial charge in [0.1, 0.15) is 5.75 Å². The summed E-state index contributed by atoms with van der Waals surface area (Å²) in [5.74, 6) is 1.07. The summed E-state index contributed by atoms with van der Waals surface area (Å²) in [4.78, 5) is 14.8. The molecule has 0 N–H and O–H groups in total. The van der Waals surface area contributed by atoms with Crippen LogP contribution in [0.25, 0.3) is 0 Å². The molecule has 0 aromatic heterocycles. The van der Waals surface area contributed by atoms with Crippen LogP contribution in [-0.2, 0) is 14.6 Å². The third-order valence-electron chi connectivity index (χ3n) is 5.16. The fraction of sp³-hybridized carbons (Fsp3) is 0.611. The predicted octanol–water partition coefficient (Wildman–Crippen LogP) is 2.65. The number of hydrogen-bond acceptors (Lipinski definition) is 4. The minimum atomic E-state index is -3.28. The number of ether oxygens (including phenoxy) is 1. The van der Waals surface area contributed by atoms with Crippen molar-refractivity contribution < 1.29 is 17.9 Å². The lowest BCUT2D eigenvalue weighted by Crippen LogP contribution is -2.51. The van der Waals surface area contributed by atoms with E-state index in [4.69, 9.17) is 4.74 Å². The first-order valence-electron chi connectivity index (χ1n) is 8.67. The zero-order valence-electron chi connectivity index (χ0n) is 14.1. The number of hydrogen-bond donors (Lipinski definition) is 0. The summed E-state index contributed by atoms with van der Waals surface area (Å²) in [7, 11) is -3.28. The first-order valence-corrected chi connectivity index (χ1v) is 10.6. The van der Waals surface area contributed by atoms with Crippen molar-refractivity contribution in [3.05, 3.63) is 24.3 Å². The molecule has 1 amide bonds. The van der Waals surface area contributed by atoms with Gasteiger partial charge in [0.05, 0.1) is 4.90 Å². The van der Waals surface area contributed by atoms with Crippen LogP contribution in [0.1, 0.15) is 38.5 Å². The van der Waals surface area contributed by atoms with Crippen LogP contribution in [0.4, 0.5) is 0 Å². The standard InChI is InChI=1S/C18H25NO4S/c1-24(21,22)16-9-4-8-15(12-16)23-13-18(20)19-11-5-7-14-6-2-3-10-17(14)19/h4,8-9,12,14,17H,2-3,5-7,10-11,13H2,1H3. The van der Waals surface area contributed by atoms with Crippen LogP contribution in [0, 0.1) is 5.92 Å². The molecule has 0 spiro atoms. The first kappa shape index (κ1) is 17.3. The highest BCUT2D eigenvalue weighted by molar-refractivity contribution is 7.90. The van der Waals surface area contributed by atoms with Crippen LogP contribution < -0.4 is 4.74 Å². The van der Waals surface area contributed by atoms with Gasteiger partial charge in [-0.15, -0.1) is 0 Å². The predicted molar refractivity (Wildman–Crippen MR) is 91.7 cm³/mol. The van der Waals surface area contributed by atoms with E-state index in [0.29, 0.717) is 17.7 Å². The van der Waals surface area contributed by atoms with E-state index in [2.05, 4.69) is 0 Å². The number of nitrogens with zero attached hydrogens (tertiary/aromatic N) is 1. The molecule has 2 atom stereocenters. The molecule has 132 valence electrons. The Morgan fingerprint density at radius 3 is 2.75 bits per heavy atom. The van der Waals surface area contributed by atoms with E-state index in [-0.39, 0.29) is 17.4 Å². The fourth-order valence-corrected chi connectivity index (χ4v) is 4.61. The normalized spacial score (nSPS) is 24.3. The maximum atomic E-state index is 12.6. The monoisotopic (exact) mass is 351 g/mol. The summed E-state index contributed by atoms with van der Waals surface area (Å²) in [6.45, 7) is 0.781. The van der Waals surface area contributed by atoms with E-state index in [0.717, 1.165) is 25.6 Å². The Kier molecular flexibility index (Phi) is 5.13. The number of likely N-dealkylation sites (tertiary alicyclic amines) is 1. The van der Waals surface area contributed by atoms with Gasteiger partial charge >= 0.3 is 0 Å². The van der Waals surface area contributed by atoms with Crippen LogP contribution in [0.15, 0.2) is 29.2 Å². The van der Waals surface area contributed by atoms with Gasteiger partial charge in [-0.05, 0) is 49.8 Å². The lowest BCUT2D eigenvalue weighted by molar-refractivity contribution is -0.139. The van der Waals surface area contributed by atoms with Crippen molar-refractivity contribution >= 4 is 15.7 Å². The Labute approximate surface area is 143 Å². The molecule has 2 aliphatic rings. The Bertz CT molecular complexity index is 699. The molecule has 1 heterocycles. The van der Waals surface area contributed by atoms with Crippen molar-refractivity contribution in [1.29, 1.82) is 0 Å². The van der Waals surface area contributed by atoms with E-state index in [1.165, 1.54) is 37.8 Å². The molecule has 6 heteroatoms. The van der Waals surface area contributed by atoms with Crippen LogP contribution in [-0.4, -0.2) is 44.7 Å². The maximum absolute atomic E-state index is 12.6. The van der Waals surface area contributed by atoms with Crippen LogP contribution >= 0.6 is 0 Å². The summed E-state index contributed by atoms with van der Waals surface area (Å²) < 4.78 is 28.8. The average molecular weight is 351 g/mol. The summed E-state index contributed by atoms with van der Waals surface area (Å²) in [6.07, 6.45) is 8.25. The Morgan fingerprint density at radius 1 is 1.21 bits per heavy atom. The second-order valence-electron chi connectivity index (χ2n) is 6.88. The van der Waals surface area contributed by atoms with Crippen LogP contribution in [0.2, 0.25) is 0 Å². The van der Waals surface area contributed by atoms with Gasteiger partial charge in [0, 0.05) is 18.8 Å². The van der Waals surface area contributed by atoms with E-state index in [1.54, 1.807) is 12.1 Å². The summed E-state index contributed by atoms with van der Waals surface area (Å²) >= 11 is 0. The van der Waals surface area contributed by atoms with Crippen LogP contribution in [0.3, 0.4) is 0 Å². The van der Waals surface area contributed by atoms with Crippen molar-refractivity contribution in [2.45, 2.75) is 49.5 Å². The van der Waals surface area contributed by atoms with E-state index in [9.17, 15) is 13.2 Å².